The highest BCUT2D eigenvalue weighted by Crippen LogP contribution is 2.40. The van der Waals surface area contributed by atoms with Crippen LogP contribution in [0.15, 0.2) is 12.7 Å². The van der Waals surface area contributed by atoms with Crippen LogP contribution in [0.5, 0.6) is 0 Å². The predicted molar refractivity (Wildman–Crippen MR) is 69.3 cm³/mol. The molecule has 2 aromatic rings. The van der Waals surface area contributed by atoms with Crippen molar-refractivity contribution in [3.8, 4) is 0 Å². The van der Waals surface area contributed by atoms with Crippen molar-refractivity contribution < 1.29 is 14.9 Å². The summed E-state index contributed by atoms with van der Waals surface area (Å²) in [5.41, 5.74) is 6.69. The van der Waals surface area contributed by atoms with Gasteiger partial charge in [-0.2, -0.15) is 0 Å². The van der Waals surface area contributed by atoms with Crippen molar-refractivity contribution in [1.29, 1.82) is 0 Å². The second kappa shape index (κ2) is 4.30. The molecule has 0 saturated carbocycles. The molecule has 0 unspecified atom stereocenters. The molecule has 102 valence electrons. The highest BCUT2D eigenvalue weighted by atomic mass is 32.1. The Bertz CT molecular complexity index is 616. The Morgan fingerprint density at radius 3 is 3.00 bits per heavy atom. The van der Waals surface area contributed by atoms with Crippen molar-refractivity contribution in [2.24, 2.45) is 0 Å². The van der Waals surface area contributed by atoms with Crippen LogP contribution in [0.25, 0.3) is 11.2 Å². The summed E-state index contributed by atoms with van der Waals surface area (Å²) in [4.78, 5) is 10.7. The van der Waals surface area contributed by atoms with E-state index in [9.17, 15) is 5.11 Å². The van der Waals surface area contributed by atoms with Gasteiger partial charge in [0.1, 0.15) is 29.1 Å². The predicted octanol–water partition coefficient (Wildman–Crippen LogP) is -0.693. The van der Waals surface area contributed by atoms with E-state index in [1.54, 1.807) is 4.57 Å². The van der Waals surface area contributed by atoms with E-state index in [0.717, 1.165) is 0 Å². The minimum absolute atomic E-state index is 0.205. The third-order valence-electron chi connectivity index (χ3n) is 3.18. The molecule has 0 radical (unpaired) electrons. The first-order chi connectivity index (χ1) is 9.03. The number of aliphatic hydroxyl groups is 2. The number of ether oxygens (including phenoxy) is 1. The number of rotatable bonds is 2. The van der Waals surface area contributed by atoms with Crippen molar-refractivity contribution >= 4 is 29.6 Å². The van der Waals surface area contributed by atoms with Crippen LogP contribution in [0.3, 0.4) is 0 Å². The lowest BCUT2D eigenvalue weighted by atomic mass is 10.2. The lowest BCUT2D eigenvalue weighted by Gasteiger charge is -2.19. The molecule has 0 aliphatic carbocycles. The van der Waals surface area contributed by atoms with Gasteiger partial charge in [0.2, 0.25) is 0 Å². The average Bonchev–Trinajstić information content (AvgIpc) is 2.90. The number of hydrogen-bond acceptors (Lipinski definition) is 8. The molecule has 4 N–H and O–H groups in total. The van der Waals surface area contributed by atoms with Gasteiger partial charge >= 0.3 is 0 Å². The standard InChI is InChI=1S/C10H13N5O3S/c11-8-7-9(13-3-12-8)15(4-14-7)6-1-10(17,19)5(2-16)18-6/h3-6,16-17,19H,1-2H2,(H2,11,12,13)/t5-,6-,10-/m1/s1. The summed E-state index contributed by atoms with van der Waals surface area (Å²) in [6, 6.07) is 0. The number of fused-ring (bicyclic) bond motifs is 1. The van der Waals surface area contributed by atoms with E-state index in [1.807, 2.05) is 0 Å². The van der Waals surface area contributed by atoms with E-state index in [2.05, 4.69) is 27.6 Å². The van der Waals surface area contributed by atoms with Crippen molar-refractivity contribution in [1.82, 2.24) is 19.5 Å². The Hall–Kier alpha value is -1.42. The second-order valence-electron chi connectivity index (χ2n) is 4.43. The topological polar surface area (TPSA) is 119 Å². The minimum atomic E-state index is -1.39. The van der Waals surface area contributed by atoms with Crippen LogP contribution in [0.2, 0.25) is 0 Å². The molecule has 0 aromatic carbocycles. The molecule has 19 heavy (non-hydrogen) atoms. The maximum Gasteiger partial charge on any atom is 0.167 e. The molecule has 1 saturated heterocycles. The number of anilines is 1. The molecular formula is C10H13N5O3S. The van der Waals surface area contributed by atoms with E-state index in [1.165, 1.54) is 12.7 Å². The highest BCUT2D eigenvalue weighted by molar-refractivity contribution is 7.81. The van der Waals surface area contributed by atoms with Gasteiger partial charge in [-0.3, -0.25) is 4.57 Å². The van der Waals surface area contributed by atoms with E-state index >= 15 is 0 Å². The summed E-state index contributed by atoms with van der Waals surface area (Å²) in [5.74, 6) is 0.279. The lowest BCUT2D eigenvalue weighted by Crippen LogP contribution is -2.34. The summed E-state index contributed by atoms with van der Waals surface area (Å²) in [6.07, 6.45) is 1.78. The van der Waals surface area contributed by atoms with E-state index in [4.69, 9.17) is 15.6 Å². The van der Waals surface area contributed by atoms with Gasteiger partial charge in [-0.1, -0.05) is 0 Å². The number of imidazole rings is 1. The van der Waals surface area contributed by atoms with Crippen LogP contribution in [0.1, 0.15) is 12.6 Å². The SMILES string of the molecule is Nc1ncnc2c1ncn2[C@H]1C[C@@](O)(S)[C@@H](CO)O1. The summed E-state index contributed by atoms with van der Waals surface area (Å²) in [5, 5.41) is 19.2. The number of hydrogen-bond donors (Lipinski definition) is 4. The van der Waals surface area contributed by atoms with Gasteiger partial charge in [-0.15, -0.1) is 12.6 Å². The Labute approximate surface area is 113 Å². The molecule has 8 nitrogen and oxygen atoms in total. The first kappa shape index (κ1) is 12.6. The molecule has 0 bridgehead atoms. The molecule has 2 aromatic heterocycles. The number of nitrogens with two attached hydrogens (primary N) is 1. The van der Waals surface area contributed by atoms with Crippen LogP contribution in [0, 0.1) is 0 Å². The number of nitrogens with zero attached hydrogens (tertiary/aromatic N) is 4. The minimum Gasteiger partial charge on any atom is -0.394 e. The molecule has 3 heterocycles. The fraction of sp³-hybridized carbons (Fsp3) is 0.500. The zero-order chi connectivity index (χ0) is 13.6. The van der Waals surface area contributed by atoms with Crippen molar-refractivity contribution in [2.45, 2.75) is 23.7 Å². The highest BCUT2D eigenvalue weighted by Gasteiger charge is 2.45. The van der Waals surface area contributed by atoms with Gasteiger partial charge in [0.25, 0.3) is 0 Å². The average molecular weight is 283 g/mol. The fourth-order valence-electron chi connectivity index (χ4n) is 2.17. The van der Waals surface area contributed by atoms with Gasteiger partial charge in [-0.25, -0.2) is 15.0 Å². The number of thiol groups is 1. The van der Waals surface area contributed by atoms with E-state index < -0.39 is 17.3 Å². The van der Waals surface area contributed by atoms with Gasteiger partial charge in [0.05, 0.1) is 12.9 Å². The molecule has 3 rings (SSSR count). The third kappa shape index (κ3) is 1.94. The van der Waals surface area contributed by atoms with E-state index in [-0.39, 0.29) is 18.8 Å². The zero-order valence-corrected chi connectivity index (χ0v) is 10.7. The normalized spacial score (nSPS) is 31.1. The van der Waals surface area contributed by atoms with E-state index in [0.29, 0.717) is 11.2 Å². The lowest BCUT2D eigenvalue weighted by molar-refractivity contribution is -0.0507. The van der Waals surface area contributed by atoms with Gasteiger partial charge in [0.15, 0.2) is 11.5 Å². The Morgan fingerprint density at radius 2 is 2.32 bits per heavy atom. The summed E-state index contributed by atoms with van der Waals surface area (Å²) in [7, 11) is 0. The fourth-order valence-corrected chi connectivity index (χ4v) is 2.47. The van der Waals surface area contributed by atoms with Gasteiger partial charge < -0.3 is 20.7 Å². The summed E-state index contributed by atoms with van der Waals surface area (Å²) in [6.45, 7) is -0.319. The summed E-state index contributed by atoms with van der Waals surface area (Å²) < 4.78 is 7.21. The third-order valence-corrected chi connectivity index (χ3v) is 3.65. The van der Waals surface area contributed by atoms with Gasteiger partial charge in [0, 0.05) is 6.42 Å². The van der Waals surface area contributed by atoms with Crippen LogP contribution in [-0.2, 0) is 4.74 Å². The smallest absolute Gasteiger partial charge is 0.167 e. The molecular weight excluding hydrogens is 270 g/mol. The maximum atomic E-state index is 10.0. The number of aliphatic hydroxyl groups excluding tert-OH is 1. The van der Waals surface area contributed by atoms with Gasteiger partial charge in [-0.05, 0) is 0 Å². The molecule has 3 atom stereocenters. The molecule has 1 aliphatic rings. The number of nitrogen functional groups attached to an aromatic ring is 1. The van der Waals surface area contributed by atoms with Crippen molar-refractivity contribution in [2.75, 3.05) is 12.3 Å². The first-order valence-corrected chi connectivity index (χ1v) is 6.11. The Balaban J connectivity index is 2.00. The largest absolute Gasteiger partial charge is 0.394 e. The molecule has 1 fully saturated rings. The maximum absolute atomic E-state index is 10.0. The Morgan fingerprint density at radius 1 is 1.53 bits per heavy atom. The first-order valence-electron chi connectivity index (χ1n) is 5.67. The Kier molecular flexibility index (Phi) is 2.86. The molecule has 0 spiro atoms. The molecule has 0 amide bonds. The van der Waals surface area contributed by atoms with Crippen LogP contribution in [-0.4, -0.2) is 47.4 Å². The van der Waals surface area contributed by atoms with Crippen molar-refractivity contribution in [3.05, 3.63) is 12.7 Å². The molecule has 9 heteroatoms. The summed E-state index contributed by atoms with van der Waals surface area (Å²) >= 11 is 4.11. The van der Waals surface area contributed by atoms with Crippen LogP contribution >= 0.6 is 12.6 Å². The molecule has 1 aliphatic heterocycles. The van der Waals surface area contributed by atoms with Crippen LogP contribution < -0.4 is 5.73 Å². The monoisotopic (exact) mass is 283 g/mol. The quantitative estimate of drug-likeness (QED) is 0.425. The zero-order valence-electron chi connectivity index (χ0n) is 9.84. The van der Waals surface area contributed by atoms with Crippen LogP contribution in [0.4, 0.5) is 5.82 Å². The second-order valence-corrected chi connectivity index (χ2v) is 5.20. The number of aromatic nitrogens is 4. The van der Waals surface area contributed by atoms with Crippen molar-refractivity contribution in [3.63, 3.8) is 0 Å².